The first-order chi connectivity index (χ1) is 15.0. The lowest BCUT2D eigenvalue weighted by Gasteiger charge is -2.19. The van der Waals surface area contributed by atoms with E-state index in [0.29, 0.717) is 5.65 Å². The van der Waals surface area contributed by atoms with Gasteiger partial charge in [-0.05, 0) is 12.8 Å². The predicted octanol–water partition coefficient (Wildman–Crippen LogP) is 1.46. The van der Waals surface area contributed by atoms with Crippen molar-refractivity contribution in [3.8, 4) is 0 Å². The molecule has 2 aliphatic heterocycles. The van der Waals surface area contributed by atoms with Gasteiger partial charge in [-0.2, -0.15) is 5.10 Å². The molecule has 0 aromatic carbocycles. The maximum absolute atomic E-state index is 14.9. The normalized spacial score (nSPS) is 28.5. The smallest absolute Gasteiger partial charge is 0.340 e. The highest BCUT2D eigenvalue weighted by atomic mass is 35.5. The number of nitrogens with zero attached hydrogens (tertiary/aromatic N) is 4. The summed E-state index contributed by atoms with van der Waals surface area (Å²) in [5, 5.41) is 14.6. The molecule has 2 saturated heterocycles. The number of aromatic nitrogens is 3. The Balaban J connectivity index is 1.55. The molecule has 0 aliphatic carbocycles. The van der Waals surface area contributed by atoms with Gasteiger partial charge >= 0.3 is 15.2 Å². The SMILES string of the molecule is O=P(O)(O)CP(=O)(O)OC[C@H]1O[C@@H](c2cnc3c(N4CCCC4)cc(Cl)nn23)[C@@H](F)[C@@H]1O. The molecular formula is C16H22ClFN4O8P2. The van der Waals surface area contributed by atoms with E-state index in [2.05, 4.69) is 19.5 Å². The zero-order chi connectivity index (χ0) is 23.3. The minimum Gasteiger partial charge on any atom is -0.387 e. The van der Waals surface area contributed by atoms with Crippen molar-refractivity contribution in [3.05, 3.63) is 23.1 Å². The predicted molar refractivity (Wildman–Crippen MR) is 111 cm³/mol. The molecule has 0 bridgehead atoms. The molecule has 4 N–H and O–H groups in total. The fraction of sp³-hybridized carbons (Fsp3) is 0.625. The summed E-state index contributed by atoms with van der Waals surface area (Å²) in [6, 6.07) is 1.67. The number of alkyl halides is 1. The fourth-order valence-corrected chi connectivity index (χ4v) is 6.64. The van der Waals surface area contributed by atoms with Gasteiger partial charge in [-0.15, -0.1) is 0 Å². The highest BCUT2D eigenvalue weighted by Crippen LogP contribution is 2.55. The van der Waals surface area contributed by atoms with Crippen molar-refractivity contribution >= 4 is 38.1 Å². The first-order valence-corrected chi connectivity index (χ1v) is 13.7. The molecule has 0 radical (unpaired) electrons. The van der Waals surface area contributed by atoms with Gasteiger partial charge in [0.25, 0.3) is 0 Å². The van der Waals surface area contributed by atoms with Crippen molar-refractivity contribution in [2.45, 2.75) is 37.3 Å². The van der Waals surface area contributed by atoms with Crippen molar-refractivity contribution in [2.24, 2.45) is 0 Å². The number of ether oxygens (including phenoxy) is 1. The molecule has 12 nitrogen and oxygen atoms in total. The summed E-state index contributed by atoms with van der Waals surface area (Å²) in [7, 11) is -9.51. The van der Waals surface area contributed by atoms with E-state index in [-0.39, 0.29) is 10.8 Å². The summed E-state index contributed by atoms with van der Waals surface area (Å²) in [6.07, 6.45) is -2.97. The van der Waals surface area contributed by atoms with Gasteiger partial charge in [0.2, 0.25) is 0 Å². The molecule has 2 aromatic rings. The maximum Gasteiger partial charge on any atom is 0.340 e. The Kier molecular flexibility index (Phi) is 6.68. The molecular weight excluding hydrogens is 493 g/mol. The molecule has 0 spiro atoms. The zero-order valence-electron chi connectivity index (χ0n) is 16.6. The number of hydrogen-bond acceptors (Lipinski definition) is 8. The van der Waals surface area contributed by atoms with Crippen LogP contribution in [0.25, 0.3) is 5.65 Å². The zero-order valence-corrected chi connectivity index (χ0v) is 19.1. The fourth-order valence-electron chi connectivity index (χ4n) is 3.89. The van der Waals surface area contributed by atoms with E-state index < -0.39 is 52.2 Å². The van der Waals surface area contributed by atoms with Crippen LogP contribution in [0.3, 0.4) is 0 Å². The largest absolute Gasteiger partial charge is 0.387 e. The Morgan fingerprint density at radius 2 is 1.97 bits per heavy atom. The molecule has 2 aromatic heterocycles. The van der Waals surface area contributed by atoms with E-state index in [0.717, 1.165) is 31.6 Å². The van der Waals surface area contributed by atoms with Crippen LogP contribution >= 0.6 is 26.8 Å². The van der Waals surface area contributed by atoms with Crippen LogP contribution in [-0.2, 0) is 18.4 Å². The molecule has 4 rings (SSSR count). The lowest BCUT2D eigenvalue weighted by atomic mass is 10.1. The van der Waals surface area contributed by atoms with Crippen LogP contribution < -0.4 is 4.90 Å². The molecule has 32 heavy (non-hydrogen) atoms. The third-order valence-corrected chi connectivity index (χ3v) is 8.95. The molecule has 5 atom stereocenters. The van der Waals surface area contributed by atoms with Crippen LogP contribution in [0.5, 0.6) is 0 Å². The second-order valence-electron chi connectivity index (χ2n) is 7.73. The maximum atomic E-state index is 14.9. The van der Waals surface area contributed by atoms with Crippen molar-refractivity contribution in [3.63, 3.8) is 0 Å². The van der Waals surface area contributed by atoms with Crippen LogP contribution in [-0.4, -0.2) is 78.4 Å². The molecule has 2 aliphatic rings. The Morgan fingerprint density at radius 1 is 1.28 bits per heavy atom. The molecule has 4 heterocycles. The average molecular weight is 515 g/mol. The van der Waals surface area contributed by atoms with Crippen molar-refractivity contribution in [1.29, 1.82) is 0 Å². The van der Waals surface area contributed by atoms with Crippen molar-refractivity contribution in [2.75, 3.05) is 30.5 Å². The van der Waals surface area contributed by atoms with Crippen molar-refractivity contribution < 1.29 is 42.6 Å². The standard InChI is InChI=1S/C16H22ClFN4O8P2/c17-12-5-9(21-3-1-2-4-21)16-19-6-10(22(16)20-12)15-13(18)14(23)11(30-15)7-29-32(27,28)8-31(24,25)26/h5-6,11,13-15,23H,1-4,7-8H2,(H,27,28)(H2,24,25,26)/t11-,13+,14-,15+/m1/s1. The van der Waals surface area contributed by atoms with Crippen LogP contribution in [0, 0.1) is 0 Å². The van der Waals surface area contributed by atoms with Gasteiger partial charge in [-0.1, -0.05) is 11.6 Å². The molecule has 2 fully saturated rings. The Morgan fingerprint density at radius 3 is 2.62 bits per heavy atom. The highest BCUT2D eigenvalue weighted by Gasteiger charge is 2.47. The summed E-state index contributed by atoms with van der Waals surface area (Å²) >= 11 is 6.17. The Labute approximate surface area is 186 Å². The first-order valence-electron chi connectivity index (χ1n) is 9.73. The number of fused-ring (bicyclic) bond motifs is 1. The van der Waals surface area contributed by atoms with Gasteiger partial charge in [0.1, 0.15) is 18.3 Å². The summed E-state index contributed by atoms with van der Waals surface area (Å²) < 4.78 is 49.2. The number of hydrogen-bond donors (Lipinski definition) is 4. The summed E-state index contributed by atoms with van der Waals surface area (Å²) in [6.45, 7) is 0.880. The topological polar surface area (TPSA) is 167 Å². The quantitative estimate of drug-likeness (QED) is 0.395. The van der Waals surface area contributed by atoms with E-state index in [1.54, 1.807) is 6.07 Å². The van der Waals surface area contributed by atoms with E-state index >= 15 is 0 Å². The first kappa shape index (κ1) is 24.0. The molecule has 1 unspecified atom stereocenters. The molecule has 0 amide bonds. The van der Waals surface area contributed by atoms with Gasteiger partial charge in [-0.3, -0.25) is 9.13 Å². The molecule has 0 saturated carbocycles. The van der Waals surface area contributed by atoms with Gasteiger partial charge in [0.05, 0.1) is 24.2 Å². The number of aliphatic hydroxyl groups is 1. The third kappa shape index (κ3) is 5.01. The number of halogens is 2. The van der Waals surface area contributed by atoms with Crippen LogP contribution in [0.15, 0.2) is 12.3 Å². The van der Waals surface area contributed by atoms with E-state index in [9.17, 15) is 23.5 Å². The Hall–Kier alpha value is -1.14. The number of anilines is 1. The van der Waals surface area contributed by atoms with Gasteiger partial charge in [0, 0.05) is 19.2 Å². The summed E-state index contributed by atoms with van der Waals surface area (Å²) in [5.41, 5.74) is 1.36. The molecule has 178 valence electrons. The number of aliphatic hydroxyl groups excluding tert-OH is 1. The van der Waals surface area contributed by atoms with E-state index in [4.69, 9.17) is 26.1 Å². The number of imidazole rings is 1. The Bertz CT molecular complexity index is 1090. The van der Waals surface area contributed by atoms with Crippen molar-refractivity contribution in [1.82, 2.24) is 14.6 Å². The minimum atomic E-state index is -4.83. The van der Waals surface area contributed by atoms with Crippen LogP contribution in [0.1, 0.15) is 24.6 Å². The van der Waals surface area contributed by atoms with Gasteiger partial charge in [0.15, 0.2) is 22.9 Å². The lowest BCUT2D eigenvalue weighted by Crippen LogP contribution is -2.31. The average Bonchev–Trinajstić information content (AvgIpc) is 3.39. The second kappa shape index (κ2) is 8.90. The van der Waals surface area contributed by atoms with Crippen LogP contribution in [0.2, 0.25) is 5.15 Å². The van der Waals surface area contributed by atoms with Gasteiger partial charge in [-0.25, -0.2) is 13.9 Å². The van der Waals surface area contributed by atoms with E-state index in [1.165, 1.54) is 10.7 Å². The monoisotopic (exact) mass is 514 g/mol. The number of rotatable bonds is 7. The summed E-state index contributed by atoms with van der Waals surface area (Å²) in [5.74, 6) is -1.40. The summed E-state index contributed by atoms with van der Waals surface area (Å²) in [4.78, 5) is 33.7. The highest BCUT2D eigenvalue weighted by molar-refractivity contribution is 7.70. The van der Waals surface area contributed by atoms with Crippen LogP contribution in [0.4, 0.5) is 10.1 Å². The third-order valence-electron chi connectivity index (χ3n) is 5.30. The minimum absolute atomic E-state index is 0.158. The van der Waals surface area contributed by atoms with Gasteiger partial charge < -0.3 is 33.9 Å². The van der Waals surface area contributed by atoms with E-state index in [1.807, 2.05) is 0 Å². The second-order valence-corrected chi connectivity index (χ2v) is 12.1. The molecule has 16 heteroatoms. The lowest BCUT2D eigenvalue weighted by molar-refractivity contribution is -0.0199.